The van der Waals surface area contributed by atoms with Crippen LogP contribution in [0.1, 0.15) is 22.4 Å². The van der Waals surface area contributed by atoms with Crippen molar-refractivity contribution in [2.24, 2.45) is 0 Å². The summed E-state index contributed by atoms with van der Waals surface area (Å²) in [6, 6.07) is 12.8. The van der Waals surface area contributed by atoms with Crippen LogP contribution in [0, 0.1) is 27.7 Å². The van der Waals surface area contributed by atoms with E-state index < -0.39 is 0 Å². The summed E-state index contributed by atoms with van der Waals surface area (Å²) in [4.78, 5) is 30.6. The first-order chi connectivity index (χ1) is 16.8. The number of nitrogens with zero attached hydrogens (tertiary/aromatic N) is 3. The molecule has 9 nitrogen and oxygen atoms in total. The lowest BCUT2D eigenvalue weighted by Gasteiger charge is -2.13. The highest BCUT2D eigenvalue weighted by Gasteiger charge is 2.21. The smallest absolute Gasteiger partial charge is 0.264 e. The normalized spacial score (nSPS) is 12.1. The van der Waals surface area contributed by atoms with Gasteiger partial charge in [0.05, 0.1) is 0 Å². The summed E-state index contributed by atoms with van der Waals surface area (Å²) in [5.41, 5.74) is 4.78. The average molecular weight is 473 g/mol. The molecule has 1 amide bonds. The van der Waals surface area contributed by atoms with Crippen LogP contribution in [0.3, 0.4) is 0 Å². The molecule has 0 bridgehead atoms. The van der Waals surface area contributed by atoms with Crippen LogP contribution in [0.15, 0.2) is 51.8 Å². The first-order valence-electron chi connectivity index (χ1n) is 11.1. The van der Waals surface area contributed by atoms with Crippen LogP contribution in [0.2, 0.25) is 0 Å². The van der Waals surface area contributed by atoms with E-state index in [2.05, 4.69) is 15.5 Å². The molecule has 5 rings (SSSR count). The predicted octanol–water partition coefficient (Wildman–Crippen LogP) is 4.17. The Labute approximate surface area is 201 Å². The van der Waals surface area contributed by atoms with Crippen LogP contribution in [-0.4, -0.2) is 27.4 Å². The van der Waals surface area contributed by atoms with E-state index in [1.54, 1.807) is 32.0 Å². The molecule has 9 heteroatoms. The Morgan fingerprint density at radius 1 is 0.971 bits per heavy atom. The van der Waals surface area contributed by atoms with Crippen molar-refractivity contribution in [1.82, 2.24) is 14.7 Å². The molecule has 0 saturated heterocycles. The second-order valence-corrected chi connectivity index (χ2v) is 8.57. The van der Waals surface area contributed by atoms with Gasteiger partial charge in [0, 0.05) is 16.9 Å². The van der Waals surface area contributed by atoms with Crippen molar-refractivity contribution in [2.75, 3.05) is 12.1 Å². The van der Waals surface area contributed by atoms with Gasteiger partial charge in [0.15, 0.2) is 11.5 Å². The van der Waals surface area contributed by atoms with Crippen LogP contribution in [-0.2, 0) is 11.3 Å². The van der Waals surface area contributed by atoms with Crippen LogP contribution in [0.5, 0.6) is 11.5 Å². The number of carbonyl (C=O) groups is 1. The first-order valence-corrected chi connectivity index (χ1v) is 11.1. The maximum absolute atomic E-state index is 13.4. The molecule has 0 spiro atoms. The molecule has 1 aliphatic heterocycles. The largest absolute Gasteiger partial charge is 0.454 e. The molecule has 0 saturated carbocycles. The molecule has 3 heterocycles. The third kappa shape index (κ3) is 4.28. The number of anilines is 1. The second kappa shape index (κ2) is 8.75. The van der Waals surface area contributed by atoms with Crippen LogP contribution in [0.4, 0.5) is 5.69 Å². The highest BCUT2D eigenvalue weighted by Crippen LogP contribution is 2.35. The molecule has 0 atom stereocenters. The van der Waals surface area contributed by atoms with E-state index in [4.69, 9.17) is 14.0 Å². The molecule has 0 radical (unpaired) electrons. The number of fused-ring (bicyclic) bond motifs is 1. The number of benzene rings is 2. The molecule has 0 unspecified atom stereocenters. The van der Waals surface area contributed by atoms with Gasteiger partial charge >= 0.3 is 0 Å². The molecule has 2 aromatic heterocycles. The number of hydrogen-bond donors (Lipinski definition) is 1. The number of aryl methyl sites for hydroxylation is 4. The minimum Gasteiger partial charge on any atom is -0.454 e. The van der Waals surface area contributed by atoms with E-state index in [-0.39, 0.29) is 36.3 Å². The minimum atomic E-state index is -0.376. The van der Waals surface area contributed by atoms with Crippen molar-refractivity contribution in [3.05, 3.63) is 75.2 Å². The second-order valence-electron chi connectivity index (χ2n) is 8.57. The zero-order valence-corrected chi connectivity index (χ0v) is 19.8. The molecule has 1 aliphatic rings. The quantitative estimate of drug-likeness (QED) is 0.464. The highest BCUT2D eigenvalue weighted by molar-refractivity contribution is 5.90. The molecule has 178 valence electrons. The maximum Gasteiger partial charge on any atom is 0.264 e. The fraction of sp³-hybridized carbons (Fsp3) is 0.231. The Balaban J connectivity index is 1.43. The van der Waals surface area contributed by atoms with Crippen molar-refractivity contribution >= 4 is 11.6 Å². The number of pyridine rings is 1. The van der Waals surface area contributed by atoms with E-state index in [1.807, 2.05) is 38.1 Å². The average Bonchev–Trinajstić information content (AvgIpc) is 3.48. The number of nitrogens with one attached hydrogen (secondary N) is 1. The van der Waals surface area contributed by atoms with Crippen LogP contribution >= 0.6 is 0 Å². The molecule has 2 aromatic carbocycles. The third-order valence-electron chi connectivity index (χ3n) is 6.07. The van der Waals surface area contributed by atoms with Gasteiger partial charge in [-0.05, 0) is 80.8 Å². The summed E-state index contributed by atoms with van der Waals surface area (Å²) in [5, 5.41) is 6.91. The summed E-state index contributed by atoms with van der Waals surface area (Å²) in [7, 11) is 0. The fourth-order valence-corrected chi connectivity index (χ4v) is 4.03. The number of ether oxygens (including phenoxy) is 2. The van der Waals surface area contributed by atoms with E-state index in [0.717, 1.165) is 11.1 Å². The molecule has 35 heavy (non-hydrogen) atoms. The van der Waals surface area contributed by atoms with E-state index >= 15 is 0 Å². The Bertz CT molecular complexity index is 1520. The lowest BCUT2D eigenvalue weighted by Crippen LogP contribution is -2.30. The van der Waals surface area contributed by atoms with Gasteiger partial charge in [0.1, 0.15) is 12.1 Å². The molecule has 1 N–H and O–H groups in total. The summed E-state index contributed by atoms with van der Waals surface area (Å²) >= 11 is 0. The van der Waals surface area contributed by atoms with Gasteiger partial charge in [-0.3, -0.25) is 9.59 Å². The van der Waals surface area contributed by atoms with E-state index in [0.29, 0.717) is 39.8 Å². The predicted molar refractivity (Wildman–Crippen MR) is 130 cm³/mol. The number of hydrogen-bond acceptors (Lipinski definition) is 7. The summed E-state index contributed by atoms with van der Waals surface area (Å²) in [5.74, 6) is 1.34. The maximum atomic E-state index is 13.4. The monoisotopic (exact) mass is 472 g/mol. The van der Waals surface area contributed by atoms with Crippen molar-refractivity contribution < 1.29 is 18.8 Å². The van der Waals surface area contributed by atoms with E-state index in [9.17, 15) is 9.59 Å². The molecule has 4 aromatic rings. The zero-order valence-electron chi connectivity index (χ0n) is 19.8. The first kappa shape index (κ1) is 22.4. The molecule has 0 fully saturated rings. The summed E-state index contributed by atoms with van der Waals surface area (Å²) in [6.45, 7) is 7.59. The fourth-order valence-electron chi connectivity index (χ4n) is 4.03. The van der Waals surface area contributed by atoms with Crippen LogP contribution < -0.4 is 20.3 Å². The van der Waals surface area contributed by atoms with Crippen molar-refractivity contribution in [3.8, 4) is 34.3 Å². The standard InChI is InChI=1S/C26H24N4O5/c1-14-5-7-19(10-15(14)2)27-22(31)12-30-17(4)9-16(3)23(26(30)32)25-28-24(29-35-25)18-6-8-20-21(11-18)34-13-33-20/h5-11H,12-13H2,1-4H3,(H,27,31). The van der Waals surface area contributed by atoms with Gasteiger partial charge in [-0.1, -0.05) is 11.2 Å². The molecular weight excluding hydrogens is 448 g/mol. The third-order valence-corrected chi connectivity index (χ3v) is 6.07. The van der Waals surface area contributed by atoms with Gasteiger partial charge in [0.2, 0.25) is 18.5 Å². The summed E-state index contributed by atoms with van der Waals surface area (Å²) in [6.07, 6.45) is 0. The van der Waals surface area contributed by atoms with Gasteiger partial charge in [-0.25, -0.2) is 0 Å². The van der Waals surface area contributed by atoms with E-state index in [1.165, 1.54) is 4.57 Å². The van der Waals surface area contributed by atoms with Crippen molar-refractivity contribution in [2.45, 2.75) is 34.2 Å². The SMILES string of the molecule is Cc1ccc(NC(=O)Cn2c(C)cc(C)c(-c3nc(-c4ccc5c(c4)OCO5)no3)c2=O)cc1C. The van der Waals surface area contributed by atoms with Gasteiger partial charge in [-0.15, -0.1) is 0 Å². The van der Waals surface area contributed by atoms with Crippen LogP contribution in [0.25, 0.3) is 22.8 Å². The van der Waals surface area contributed by atoms with Gasteiger partial charge < -0.3 is 23.9 Å². The van der Waals surface area contributed by atoms with Crippen molar-refractivity contribution in [3.63, 3.8) is 0 Å². The Hall–Kier alpha value is -4.40. The topological polar surface area (TPSA) is 108 Å². The lowest BCUT2D eigenvalue weighted by atomic mass is 10.1. The number of amides is 1. The number of rotatable bonds is 5. The lowest BCUT2D eigenvalue weighted by molar-refractivity contribution is -0.116. The highest BCUT2D eigenvalue weighted by atomic mass is 16.7. The zero-order chi connectivity index (χ0) is 24.7. The Morgan fingerprint density at radius 3 is 2.57 bits per heavy atom. The Morgan fingerprint density at radius 2 is 1.77 bits per heavy atom. The Kier molecular flexibility index (Phi) is 5.60. The summed E-state index contributed by atoms with van der Waals surface area (Å²) < 4.78 is 17.6. The van der Waals surface area contributed by atoms with Crippen molar-refractivity contribution in [1.29, 1.82) is 0 Å². The van der Waals surface area contributed by atoms with Gasteiger partial charge in [0.25, 0.3) is 11.4 Å². The number of aromatic nitrogens is 3. The number of carbonyl (C=O) groups excluding carboxylic acids is 1. The molecular formula is C26H24N4O5. The van der Waals surface area contributed by atoms with Gasteiger partial charge in [-0.2, -0.15) is 4.98 Å². The minimum absolute atomic E-state index is 0.0866. The molecule has 0 aliphatic carbocycles.